The number of unbranched alkanes of at least 4 members (excludes halogenated alkanes) is 1. The van der Waals surface area contributed by atoms with Gasteiger partial charge in [-0.05, 0) is 42.7 Å². The van der Waals surface area contributed by atoms with Crippen LogP contribution in [0.1, 0.15) is 31.2 Å². The molecule has 8 rings (SSSR count). The standard InChI is InChI=1S/C48H71N9O13S2/c1-56-28-10-4-5-11-32(28)72-34(56)18-23-13-16-57(27-9-3-2-8-24(23)27)15-7-6-12-33(58)55-14-17-71-22-31-44(69-47-36(54)41(63)39(61)30(21-50)66-47)42(64)48(67-31)70-45-37(59)25(51)19-26(52)43(45)68-46-35(53)40(62)38(60)29(20-49)65-46/h2-5,8-11,13,16,18,25-26,29-31,35-48,59-64H,6-7,12,14-15,17,19-22,49-54H2,1H3/p+1/t25-,26?,29?,30+,31-,35?,36?,37?,38-,39-,40-,41?,42+,43-,44+,45-,46-,47-,48?/m1/s1. The van der Waals surface area contributed by atoms with Gasteiger partial charge in [0.15, 0.2) is 25.1 Å². The average molecular weight is 1050 g/mol. The van der Waals surface area contributed by atoms with Crippen LogP contribution in [0, 0.1) is 0 Å². The maximum atomic E-state index is 13.0. The first-order valence-electron chi connectivity index (χ1n) is 24.5. The zero-order valence-electron chi connectivity index (χ0n) is 40.1. The van der Waals surface area contributed by atoms with Crippen molar-refractivity contribution in [1.82, 2.24) is 5.32 Å². The lowest BCUT2D eigenvalue weighted by Crippen LogP contribution is -2.68. The molecule has 0 spiro atoms. The second-order valence-corrected chi connectivity index (χ2v) is 21.3. The number of anilines is 1. The Morgan fingerprint density at radius 3 is 2.07 bits per heavy atom. The van der Waals surface area contributed by atoms with Gasteiger partial charge in [-0.2, -0.15) is 16.3 Å². The number of ether oxygens (including phenoxy) is 6. The number of aromatic nitrogens is 1. The topological polar surface area (TPSA) is 369 Å². The van der Waals surface area contributed by atoms with Crippen molar-refractivity contribution in [2.75, 3.05) is 43.1 Å². The summed E-state index contributed by atoms with van der Waals surface area (Å²) in [6, 6.07) is 14.6. The summed E-state index contributed by atoms with van der Waals surface area (Å²) in [5.41, 5.74) is 40.3. The van der Waals surface area contributed by atoms with Gasteiger partial charge in [0.2, 0.25) is 11.4 Å². The number of aliphatic hydroxyl groups is 6. The van der Waals surface area contributed by atoms with Crippen molar-refractivity contribution >= 4 is 52.1 Å². The Morgan fingerprint density at radius 2 is 1.39 bits per heavy atom. The molecule has 3 aromatic rings. The molecule has 1 amide bonds. The van der Waals surface area contributed by atoms with E-state index in [2.05, 4.69) is 76.6 Å². The molecule has 1 saturated carbocycles. The van der Waals surface area contributed by atoms with E-state index in [0.29, 0.717) is 25.1 Å². The monoisotopic (exact) mass is 1050 g/mol. The molecule has 5 heterocycles. The van der Waals surface area contributed by atoms with Gasteiger partial charge in [0.1, 0.15) is 67.6 Å². The Balaban J connectivity index is 0.855. The van der Waals surface area contributed by atoms with Crippen molar-refractivity contribution in [3.8, 4) is 0 Å². The number of nitrogens with zero attached hydrogens (tertiary/aromatic N) is 2. The highest BCUT2D eigenvalue weighted by Gasteiger charge is 2.54. The summed E-state index contributed by atoms with van der Waals surface area (Å²) in [6.45, 7) is 0.747. The van der Waals surface area contributed by atoms with Crippen LogP contribution in [-0.4, -0.2) is 191 Å². The second kappa shape index (κ2) is 24.7. The number of hydrogen-bond acceptors (Lipinski definition) is 22. The molecule has 4 fully saturated rings. The van der Waals surface area contributed by atoms with Crippen LogP contribution in [0.4, 0.5) is 5.69 Å². The lowest BCUT2D eigenvalue weighted by Gasteiger charge is -2.47. The molecule has 1 aromatic heterocycles. The SMILES string of the molecule is CN1C(=Cc2cc[n+](CCCCC(=O)NCCSC[C@H]3OC(O[C@@H]4C(O)[C@H](N)CC(N)[C@H]4O[C@H]4OC(CN)[C@@H](O)[C@H](O)C4N)[C@@H](O)[C@H]3O[C@H]3O[C@@H](CN)[C@@H](O)C(O)C3N)c3ccccc23)Sc2ccccc21. The minimum Gasteiger partial charge on any atom is -0.389 e. The Hall–Kier alpha value is -3.16. The molecular weight excluding hydrogens is 975 g/mol. The molecule has 0 radical (unpaired) electrons. The van der Waals surface area contributed by atoms with E-state index in [0.717, 1.165) is 34.5 Å². The molecule has 398 valence electrons. The molecule has 22 nitrogen and oxygen atoms in total. The average Bonchev–Trinajstić information content (AvgIpc) is 3.85. The number of pyridine rings is 1. The number of hydrogen-bond donors (Lipinski definition) is 13. The molecule has 1 aliphatic carbocycles. The number of amides is 1. The van der Waals surface area contributed by atoms with Gasteiger partial charge in [0.05, 0.1) is 40.4 Å². The number of aryl methyl sites for hydroxylation is 1. The van der Waals surface area contributed by atoms with E-state index in [1.54, 1.807) is 11.8 Å². The van der Waals surface area contributed by atoms with Gasteiger partial charge < -0.3 is 104 Å². The molecule has 4 aliphatic heterocycles. The largest absolute Gasteiger partial charge is 0.389 e. The zero-order chi connectivity index (χ0) is 51.4. The minimum atomic E-state index is -1.57. The van der Waals surface area contributed by atoms with E-state index in [9.17, 15) is 35.4 Å². The number of fused-ring (bicyclic) bond motifs is 2. The third-order valence-electron chi connectivity index (χ3n) is 14.1. The smallest absolute Gasteiger partial charge is 0.220 e. The van der Waals surface area contributed by atoms with Crippen molar-refractivity contribution < 1.29 is 68.4 Å². The van der Waals surface area contributed by atoms with Crippen LogP contribution in [0.3, 0.4) is 0 Å². The zero-order valence-corrected chi connectivity index (χ0v) is 41.7. The molecule has 19 N–H and O–H groups in total. The summed E-state index contributed by atoms with van der Waals surface area (Å²) >= 11 is 3.16. The van der Waals surface area contributed by atoms with Crippen LogP contribution < -0.4 is 49.2 Å². The van der Waals surface area contributed by atoms with Crippen molar-refractivity contribution in [2.24, 2.45) is 34.4 Å². The maximum absolute atomic E-state index is 13.0. The van der Waals surface area contributed by atoms with E-state index in [-0.39, 0.29) is 31.2 Å². The van der Waals surface area contributed by atoms with Crippen molar-refractivity contribution in [1.29, 1.82) is 0 Å². The molecule has 0 bridgehead atoms. The first-order chi connectivity index (χ1) is 34.6. The van der Waals surface area contributed by atoms with E-state index < -0.39 is 116 Å². The summed E-state index contributed by atoms with van der Waals surface area (Å²) < 4.78 is 38.8. The number of aliphatic hydroxyl groups excluding tert-OH is 6. The number of benzene rings is 2. The fourth-order valence-electron chi connectivity index (χ4n) is 9.86. The van der Waals surface area contributed by atoms with Crippen molar-refractivity contribution in [3.05, 3.63) is 71.4 Å². The lowest BCUT2D eigenvalue weighted by molar-refractivity contribution is -0.671. The third-order valence-corrected chi connectivity index (χ3v) is 16.3. The molecule has 72 heavy (non-hydrogen) atoms. The van der Waals surface area contributed by atoms with Crippen molar-refractivity contribution in [2.45, 2.75) is 153 Å². The lowest BCUT2D eigenvalue weighted by atomic mass is 9.84. The van der Waals surface area contributed by atoms with E-state index in [1.165, 1.54) is 22.3 Å². The van der Waals surface area contributed by atoms with Crippen LogP contribution >= 0.6 is 23.5 Å². The highest BCUT2D eigenvalue weighted by molar-refractivity contribution is 8.03. The molecule has 2 aromatic carbocycles. The summed E-state index contributed by atoms with van der Waals surface area (Å²) in [4.78, 5) is 16.4. The fraction of sp³-hybridized carbons (Fsp3) is 0.625. The van der Waals surface area contributed by atoms with Crippen LogP contribution in [0.25, 0.3) is 17.0 Å². The molecule has 5 aliphatic rings. The van der Waals surface area contributed by atoms with Crippen LogP contribution in [0.5, 0.6) is 0 Å². The predicted molar refractivity (Wildman–Crippen MR) is 268 cm³/mol. The quantitative estimate of drug-likeness (QED) is 0.0416. The normalized spacial score (nSPS) is 37.6. The number of thioether (sulfide) groups is 2. The number of carbonyl (C=O) groups excluding carboxylic acids is 1. The predicted octanol–water partition coefficient (Wildman–Crippen LogP) is -3.19. The number of rotatable bonds is 19. The van der Waals surface area contributed by atoms with Gasteiger partial charge in [0.25, 0.3) is 0 Å². The summed E-state index contributed by atoms with van der Waals surface area (Å²) in [5.74, 6) is 0.569. The van der Waals surface area contributed by atoms with Gasteiger partial charge in [-0.3, -0.25) is 4.79 Å². The van der Waals surface area contributed by atoms with Crippen LogP contribution in [0.2, 0.25) is 0 Å². The first-order valence-corrected chi connectivity index (χ1v) is 26.5. The molecule has 7 unspecified atom stereocenters. The van der Waals surface area contributed by atoms with Gasteiger partial charge >= 0.3 is 0 Å². The number of nitrogens with two attached hydrogens (primary N) is 6. The Bertz CT molecular complexity index is 2310. The Morgan fingerprint density at radius 1 is 0.764 bits per heavy atom. The Labute approximate surface area is 426 Å². The molecule has 19 atom stereocenters. The van der Waals surface area contributed by atoms with Crippen molar-refractivity contribution in [3.63, 3.8) is 0 Å². The van der Waals surface area contributed by atoms with Gasteiger partial charge in [-0.1, -0.05) is 36.0 Å². The number of nitrogens with one attached hydrogen (secondary N) is 1. The Kier molecular flexibility index (Phi) is 18.9. The highest BCUT2D eigenvalue weighted by Crippen LogP contribution is 2.46. The molecule has 3 saturated heterocycles. The molecular formula is C48H72N9O13S2+. The maximum Gasteiger partial charge on any atom is 0.220 e. The summed E-state index contributed by atoms with van der Waals surface area (Å²) in [6.07, 6.45) is -13.3. The highest BCUT2D eigenvalue weighted by atomic mass is 32.2. The fourth-order valence-corrected chi connectivity index (χ4v) is 11.9. The minimum absolute atomic E-state index is 0.0839. The van der Waals surface area contributed by atoms with E-state index >= 15 is 0 Å². The van der Waals surface area contributed by atoms with E-state index in [4.69, 9.17) is 62.8 Å². The van der Waals surface area contributed by atoms with Gasteiger partial charge in [-0.15, -0.1) is 0 Å². The summed E-state index contributed by atoms with van der Waals surface area (Å²) in [7, 11) is 2.09. The van der Waals surface area contributed by atoms with Crippen LogP contribution in [0.15, 0.2) is 70.7 Å². The summed E-state index contributed by atoms with van der Waals surface area (Å²) in [5, 5.41) is 70.8. The second-order valence-electron chi connectivity index (χ2n) is 19.0. The van der Waals surface area contributed by atoms with Gasteiger partial charge in [-0.25, -0.2) is 0 Å². The molecule has 24 heteroatoms. The number of carbonyl (C=O) groups is 1. The first kappa shape index (κ1) is 55.1. The number of para-hydroxylation sites is 2. The van der Waals surface area contributed by atoms with E-state index in [1.807, 2.05) is 12.1 Å². The van der Waals surface area contributed by atoms with Crippen LogP contribution in [-0.2, 0) is 39.8 Å². The third kappa shape index (κ3) is 12.1. The van der Waals surface area contributed by atoms with Gasteiger partial charge in [0, 0.05) is 80.1 Å².